The molecule has 190 valence electrons. The Morgan fingerprint density at radius 2 is 1.36 bits per heavy atom. The molecule has 0 aliphatic carbocycles. The van der Waals surface area contributed by atoms with Gasteiger partial charge in [0.05, 0.1) is 5.56 Å². The SMILES string of the molecule is CN(C)c1ccc(CNc2ccc(F)cc2C(=O)N2CCN(Cc3ccc(N(C)C)cc3)CC2)cc1. The van der Waals surface area contributed by atoms with Gasteiger partial charge in [-0.15, -0.1) is 0 Å². The van der Waals surface area contributed by atoms with Crippen LogP contribution in [0.2, 0.25) is 0 Å². The normalized spacial score (nSPS) is 14.0. The molecule has 1 fully saturated rings. The first-order chi connectivity index (χ1) is 17.3. The predicted octanol–water partition coefficient (Wildman–Crippen LogP) is 4.53. The minimum atomic E-state index is -0.404. The van der Waals surface area contributed by atoms with Gasteiger partial charge in [-0.2, -0.15) is 0 Å². The summed E-state index contributed by atoms with van der Waals surface area (Å²) >= 11 is 0. The summed E-state index contributed by atoms with van der Waals surface area (Å²) in [6, 6.07) is 21.2. The van der Waals surface area contributed by atoms with Crippen molar-refractivity contribution in [2.45, 2.75) is 13.1 Å². The number of amides is 1. The van der Waals surface area contributed by atoms with Gasteiger partial charge in [-0.05, 0) is 53.6 Å². The van der Waals surface area contributed by atoms with E-state index in [1.807, 2.05) is 33.1 Å². The van der Waals surface area contributed by atoms with Crippen LogP contribution in [0.4, 0.5) is 21.5 Å². The third-order valence-corrected chi connectivity index (χ3v) is 6.67. The molecule has 1 aliphatic heterocycles. The van der Waals surface area contributed by atoms with Crippen LogP contribution in [0.5, 0.6) is 0 Å². The molecule has 0 bridgehead atoms. The van der Waals surface area contributed by atoms with Crippen LogP contribution >= 0.6 is 0 Å². The molecule has 1 aliphatic rings. The molecule has 0 radical (unpaired) electrons. The van der Waals surface area contributed by atoms with Gasteiger partial charge >= 0.3 is 0 Å². The lowest BCUT2D eigenvalue weighted by Gasteiger charge is -2.35. The Hall–Kier alpha value is -3.58. The van der Waals surface area contributed by atoms with Gasteiger partial charge in [0.2, 0.25) is 0 Å². The van der Waals surface area contributed by atoms with Crippen LogP contribution in [-0.4, -0.2) is 70.1 Å². The molecule has 36 heavy (non-hydrogen) atoms. The summed E-state index contributed by atoms with van der Waals surface area (Å²) in [5, 5.41) is 3.34. The molecular formula is C29H36FN5O. The third-order valence-electron chi connectivity index (χ3n) is 6.67. The maximum absolute atomic E-state index is 14.1. The molecule has 0 spiro atoms. The van der Waals surface area contributed by atoms with Crippen molar-refractivity contribution >= 4 is 23.0 Å². The van der Waals surface area contributed by atoms with Gasteiger partial charge in [0.25, 0.3) is 5.91 Å². The quantitative estimate of drug-likeness (QED) is 0.504. The molecule has 0 aromatic heterocycles. The predicted molar refractivity (Wildman–Crippen MR) is 146 cm³/mol. The Kier molecular flexibility index (Phi) is 8.10. The molecule has 1 saturated heterocycles. The molecule has 0 unspecified atom stereocenters. The van der Waals surface area contributed by atoms with E-state index in [1.165, 1.54) is 23.4 Å². The van der Waals surface area contributed by atoms with Crippen molar-refractivity contribution in [1.82, 2.24) is 9.80 Å². The highest BCUT2D eigenvalue weighted by atomic mass is 19.1. The fourth-order valence-electron chi connectivity index (χ4n) is 4.39. The minimum Gasteiger partial charge on any atom is -0.380 e. The third kappa shape index (κ3) is 6.34. The van der Waals surface area contributed by atoms with Gasteiger partial charge in [-0.25, -0.2) is 4.39 Å². The maximum Gasteiger partial charge on any atom is 0.256 e. The van der Waals surface area contributed by atoms with Crippen LogP contribution in [-0.2, 0) is 13.1 Å². The van der Waals surface area contributed by atoms with Crippen molar-refractivity contribution in [1.29, 1.82) is 0 Å². The molecule has 1 heterocycles. The number of carbonyl (C=O) groups is 1. The van der Waals surface area contributed by atoms with E-state index in [0.29, 0.717) is 30.9 Å². The first-order valence-corrected chi connectivity index (χ1v) is 12.4. The highest BCUT2D eigenvalue weighted by Crippen LogP contribution is 2.22. The zero-order valence-electron chi connectivity index (χ0n) is 21.7. The van der Waals surface area contributed by atoms with E-state index in [1.54, 1.807) is 6.07 Å². The first kappa shape index (κ1) is 25.5. The Balaban J connectivity index is 1.36. The lowest BCUT2D eigenvalue weighted by Crippen LogP contribution is -2.48. The number of carbonyl (C=O) groups excluding carboxylic acids is 1. The number of rotatable bonds is 8. The molecule has 6 nitrogen and oxygen atoms in total. The van der Waals surface area contributed by atoms with Crippen LogP contribution in [0.3, 0.4) is 0 Å². The number of hydrogen-bond donors (Lipinski definition) is 1. The van der Waals surface area contributed by atoms with Crippen molar-refractivity contribution < 1.29 is 9.18 Å². The van der Waals surface area contributed by atoms with E-state index >= 15 is 0 Å². The average Bonchev–Trinajstić information content (AvgIpc) is 2.88. The molecule has 3 aromatic rings. The van der Waals surface area contributed by atoms with Crippen molar-refractivity contribution in [3.63, 3.8) is 0 Å². The van der Waals surface area contributed by atoms with Crippen molar-refractivity contribution in [3.8, 4) is 0 Å². The van der Waals surface area contributed by atoms with Crippen molar-refractivity contribution in [2.24, 2.45) is 0 Å². The maximum atomic E-state index is 14.1. The number of nitrogens with zero attached hydrogens (tertiary/aromatic N) is 4. The molecule has 1 N–H and O–H groups in total. The highest BCUT2D eigenvalue weighted by molar-refractivity contribution is 5.99. The van der Waals surface area contributed by atoms with E-state index in [9.17, 15) is 9.18 Å². The van der Waals surface area contributed by atoms with E-state index < -0.39 is 5.82 Å². The first-order valence-electron chi connectivity index (χ1n) is 12.4. The van der Waals surface area contributed by atoms with Crippen LogP contribution < -0.4 is 15.1 Å². The second-order valence-corrected chi connectivity index (χ2v) is 9.73. The van der Waals surface area contributed by atoms with Crippen LogP contribution in [0.1, 0.15) is 21.5 Å². The molecule has 0 saturated carbocycles. The Labute approximate surface area is 213 Å². The second kappa shape index (κ2) is 11.4. The summed E-state index contributed by atoms with van der Waals surface area (Å²) < 4.78 is 14.1. The number of halogens is 1. The van der Waals surface area contributed by atoms with Crippen molar-refractivity contribution in [2.75, 3.05) is 69.5 Å². The zero-order chi connectivity index (χ0) is 25.7. The topological polar surface area (TPSA) is 42.1 Å². The Morgan fingerprint density at radius 3 is 1.92 bits per heavy atom. The molecule has 7 heteroatoms. The number of anilines is 3. The smallest absolute Gasteiger partial charge is 0.256 e. The summed E-state index contributed by atoms with van der Waals surface area (Å²) in [5.41, 5.74) is 5.70. The molecule has 3 aromatic carbocycles. The standard InChI is InChI=1S/C29H36FN5O/c1-32(2)25-10-5-22(6-11-25)20-31-28-14-9-24(30)19-27(28)29(36)35-17-15-34(16-18-35)21-23-7-12-26(13-8-23)33(3)4/h5-14,19,31H,15-18,20-21H2,1-4H3. The van der Waals surface area contributed by atoms with Crippen LogP contribution in [0, 0.1) is 5.82 Å². The Morgan fingerprint density at radius 1 is 0.806 bits per heavy atom. The van der Waals surface area contributed by atoms with Gasteiger partial charge in [-0.1, -0.05) is 24.3 Å². The molecule has 0 atom stereocenters. The average molecular weight is 490 g/mol. The second-order valence-electron chi connectivity index (χ2n) is 9.73. The summed E-state index contributed by atoms with van der Waals surface area (Å²) in [6.45, 7) is 4.23. The lowest BCUT2D eigenvalue weighted by molar-refractivity contribution is 0.0629. The van der Waals surface area contributed by atoms with E-state index in [2.05, 4.69) is 68.5 Å². The fraction of sp³-hybridized carbons (Fsp3) is 0.345. The van der Waals surface area contributed by atoms with Gasteiger partial charge < -0.3 is 20.0 Å². The Bertz CT molecular complexity index is 1150. The number of hydrogen-bond acceptors (Lipinski definition) is 5. The zero-order valence-corrected chi connectivity index (χ0v) is 21.7. The van der Waals surface area contributed by atoms with Gasteiger partial charge in [-0.3, -0.25) is 9.69 Å². The largest absolute Gasteiger partial charge is 0.380 e. The van der Waals surface area contributed by atoms with Gasteiger partial charge in [0.15, 0.2) is 0 Å². The fourth-order valence-corrected chi connectivity index (χ4v) is 4.39. The minimum absolute atomic E-state index is 0.130. The van der Waals surface area contributed by atoms with Gasteiger partial charge in [0.1, 0.15) is 5.82 Å². The van der Waals surface area contributed by atoms with Gasteiger partial charge in [0, 0.05) is 84.5 Å². The lowest BCUT2D eigenvalue weighted by atomic mass is 10.1. The number of piperazine rings is 1. The van der Waals surface area contributed by atoms with Crippen LogP contribution in [0.25, 0.3) is 0 Å². The highest BCUT2D eigenvalue weighted by Gasteiger charge is 2.24. The summed E-state index contributed by atoms with van der Waals surface area (Å²) in [7, 11) is 8.08. The number of nitrogens with one attached hydrogen (secondary N) is 1. The van der Waals surface area contributed by atoms with E-state index in [4.69, 9.17) is 0 Å². The van der Waals surface area contributed by atoms with Crippen molar-refractivity contribution in [3.05, 3.63) is 89.2 Å². The molecule has 1 amide bonds. The summed E-state index contributed by atoms with van der Waals surface area (Å²) in [4.78, 5) is 21.7. The molecular weight excluding hydrogens is 453 g/mol. The summed E-state index contributed by atoms with van der Waals surface area (Å²) in [5.74, 6) is -0.533. The van der Waals surface area contributed by atoms with Crippen LogP contribution in [0.15, 0.2) is 66.7 Å². The summed E-state index contributed by atoms with van der Waals surface area (Å²) in [6.07, 6.45) is 0. The number of benzene rings is 3. The molecule has 4 rings (SSSR count). The van der Waals surface area contributed by atoms with E-state index in [0.717, 1.165) is 30.9 Å². The van der Waals surface area contributed by atoms with E-state index in [-0.39, 0.29) is 5.91 Å². The monoisotopic (exact) mass is 489 g/mol.